The number of anilines is 1. The van der Waals surface area contributed by atoms with Crippen LogP contribution in [0.25, 0.3) is 0 Å². The van der Waals surface area contributed by atoms with Crippen LogP contribution in [0.4, 0.5) is 15.3 Å². The number of piperazine rings is 1. The third kappa shape index (κ3) is 5.98. The van der Waals surface area contributed by atoms with Crippen molar-refractivity contribution in [2.75, 3.05) is 31.5 Å². The second-order valence-corrected chi connectivity index (χ2v) is 9.23. The molecule has 1 aromatic carbocycles. The van der Waals surface area contributed by atoms with E-state index in [2.05, 4.69) is 21.3 Å². The highest BCUT2D eigenvalue weighted by atomic mass is 16.2. The number of carbonyl (C=O) groups is 4. The lowest BCUT2D eigenvalue weighted by Crippen LogP contribution is -2.65. The van der Waals surface area contributed by atoms with Gasteiger partial charge in [0.1, 0.15) is 12.1 Å². The smallest absolute Gasteiger partial charge is 0.321 e. The number of carbonyl (C=O) groups excluding carboxylic acids is 4. The van der Waals surface area contributed by atoms with Crippen LogP contribution in [-0.2, 0) is 9.59 Å². The number of urea groups is 2. The fraction of sp³-hybridized carbons (Fsp3) is 0.583. The van der Waals surface area contributed by atoms with Gasteiger partial charge < -0.3 is 31.1 Å². The number of hydrogen-bond donors (Lipinski definition) is 4. The molecule has 2 atom stereocenters. The topological polar surface area (TPSA) is 123 Å². The Hall–Kier alpha value is -3.30. The van der Waals surface area contributed by atoms with Crippen LogP contribution in [0.2, 0.25) is 0 Å². The average molecular weight is 471 g/mol. The molecule has 3 fully saturated rings. The molecule has 1 aliphatic carbocycles. The van der Waals surface area contributed by atoms with Gasteiger partial charge in [-0.25, -0.2) is 9.59 Å². The zero-order chi connectivity index (χ0) is 23.9. The standard InChI is InChI=1S/C24H34N6O4/c31-21-19(12-7-13-25-21)28-22(32)20-16-29(23(33)26-17-8-3-1-4-9-17)14-15-30(20)24(34)27-18-10-5-2-6-11-18/h1,3-4,8-9,18-20H,2,5-7,10-16H2,(H,25,31)(H,26,33)(H,27,34)(H,28,32)/t19-,20-/m1/s1. The summed E-state index contributed by atoms with van der Waals surface area (Å²) in [5.41, 5.74) is 0.657. The molecule has 34 heavy (non-hydrogen) atoms. The van der Waals surface area contributed by atoms with Gasteiger partial charge in [0.25, 0.3) is 0 Å². The van der Waals surface area contributed by atoms with Gasteiger partial charge >= 0.3 is 12.1 Å². The van der Waals surface area contributed by atoms with Gasteiger partial charge in [0.05, 0.1) is 6.54 Å². The van der Waals surface area contributed by atoms with Crippen LogP contribution in [0.15, 0.2) is 30.3 Å². The maximum Gasteiger partial charge on any atom is 0.321 e. The summed E-state index contributed by atoms with van der Waals surface area (Å²) in [6.45, 7) is 1.19. The number of amides is 6. The van der Waals surface area contributed by atoms with E-state index < -0.39 is 18.0 Å². The molecule has 0 radical (unpaired) electrons. The van der Waals surface area contributed by atoms with E-state index in [0.717, 1.165) is 32.1 Å². The van der Waals surface area contributed by atoms with Gasteiger partial charge in [-0.1, -0.05) is 37.5 Å². The summed E-state index contributed by atoms with van der Waals surface area (Å²) < 4.78 is 0. The van der Waals surface area contributed by atoms with E-state index in [0.29, 0.717) is 25.2 Å². The fourth-order valence-corrected chi connectivity index (χ4v) is 4.84. The van der Waals surface area contributed by atoms with E-state index in [9.17, 15) is 19.2 Å². The number of benzene rings is 1. The molecule has 4 N–H and O–H groups in total. The SMILES string of the molecule is O=C(N[C@@H]1CCCNC1=O)[C@H]1CN(C(=O)Nc2ccccc2)CCN1C(=O)NC1CCCCC1. The summed E-state index contributed by atoms with van der Waals surface area (Å²) in [6.07, 6.45) is 6.54. The van der Waals surface area contributed by atoms with Crippen molar-refractivity contribution in [3.63, 3.8) is 0 Å². The summed E-state index contributed by atoms with van der Waals surface area (Å²) >= 11 is 0. The Kier molecular flexibility index (Phi) is 7.87. The Labute approximate surface area is 199 Å². The van der Waals surface area contributed by atoms with Crippen molar-refractivity contribution >= 4 is 29.6 Å². The Bertz CT molecular complexity index is 889. The van der Waals surface area contributed by atoms with E-state index in [1.165, 1.54) is 11.3 Å². The first-order valence-corrected chi connectivity index (χ1v) is 12.3. The van der Waals surface area contributed by atoms with Gasteiger partial charge in [0, 0.05) is 31.4 Å². The molecule has 184 valence electrons. The van der Waals surface area contributed by atoms with Crippen LogP contribution in [-0.4, -0.2) is 78.0 Å². The normalized spacial score (nSPS) is 23.6. The van der Waals surface area contributed by atoms with Gasteiger partial charge in [-0.05, 0) is 37.8 Å². The summed E-state index contributed by atoms with van der Waals surface area (Å²) in [6, 6.07) is 7.08. The highest BCUT2D eigenvalue weighted by Gasteiger charge is 2.39. The van der Waals surface area contributed by atoms with E-state index in [1.807, 2.05) is 18.2 Å². The van der Waals surface area contributed by atoms with Crippen molar-refractivity contribution in [1.82, 2.24) is 25.8 Å². The molecule has 0 bridgehead atoms. The summed E-state index contributed by atoms with van der Waals surface area (Å²) in [5.74, 6) is -0.634. The molecular formula is C24H34N6O4. The second-order valence-electron chi connectivity index (χ2n) is 9.23. The third-order valence-corrected chi connectivity index (χ3v) is 6.79. The van der Waals surface area contributed by atoms with E-state index >= 15 is 0 Å². The van der Waals surface area contributed by atoms with Crippen molar-refractivity contribution < 1.29 is 19.2 Å². The molecule has 2 saturated heterocycles. The van der Waals surface area contributed by atoms with Crippen molar-refractivity contribution in [2.24, 2.45) is 0 Å². The van der Waals surface area contributed by atoms with Gasteiger partial charge in [-0.15, -0.1) is 0 Å². The molecule has 4 rings (SSSR count). The lowest BCUT2D eigenvalue weighted by Gasteiger charge is -2.41. The van der Waals surface area contributed by atoms with E-state index in [1.54, 1.807) is 17.0 Å². The predicted octanol–water partition coefficient (Wildman–Crippen LogP) is 1.64. The van der Waals surface area contributed by atoms with Crippen LogP contribution in [0.3, 0.4) is 0 Å². The van der Waals surface area contributed by atoms with E-state index in [-0.39, 0.29) is 37.1 Å². The third-order valence-electron chi connectivity index (χ3n) is 6.79. The van der Waals surface area contributed by atoms with Gasteiger partial charge in [0.15, 0.2) is 0 Å². The molecule has 2 heterocycles. The second kappa shape index (κ2) is 11.2. The molecule has 0 aromatic heterocycles. The minimum absolute atomic E-state index is 0.0525. The monoisotopic (exact) mass is 470 g/mol. The maximum atomic E-state index is 13.3. The zero-order valence-electron chi connectivity index (χ0n) is 19.4. The molecule has 10 nitrogen and oxygen atoms in total. The molecule has 1 saturated carbocycles. The van der Waals surface area contributed by atoms with Crippen molar-refractivity contribution in [3.8, 4) is 0 Å². The molecule has 10 heteroatoms. The number of hydrogen-bond acceptors (Lipinski definition) is 4. The first-order chi connectivity index (χ1) is 16.5. The molecule has 6 amide bonds. The average Bonchev–Trinajstić information content (AvgIpc) is 2.86. The molecular weight excluding hydrogens is 436 g/mol. The number of nitrogens with zero attached hydrogens (tertiary/aromatic N) is 2. The quantitative estimate of drug-likeness (QED) is 0.534. The molecule has 2 aliphatic heterocycles. The highest BCUT2D eigenvalue weighted by Crippen LogP contribution is 2.19. The predicted molar refractivity (Wildman–Crippen MR) is 127 cm³/mol. The minimum atomic E-state index is -0.881. The summed E-state index contributed by atoms with van der Waals surface area (Å²) in [5, 5.41) is 11.5. The number of nitrogens with one attached hydrogen (secondary N) is 4. The van der Waals surface area contributed by atoms with Crippen LogP contribution in [0.5, 0.6) is 0 Å². The van der Waals surface area contributed by atoms with Gasteiger partial charge in [-0.3, -0.25) is 9.59 Å². The molecule has 1 aromatic rings. The van der Waals surface area contributed by atoms with Crippen LogP contribution in [0.1, 0.15) is 44.9 Å². The molecule has 3 aliphatic rings. The van der Waals surface area contributed by atoms with Crippen molar-refractivity contribution in [1.29, 1.82) is 0 Å². The van der Waals surface area contributed by atoms with Crippen molar-refractivity contribution in [3.05, 3.63) is 30.3 Å². The minimum Gasteiger partial charge on any atom is -0.354 e. The Morgan fingerprint density at radius 2 is 1.65 bits per heavy atom. The fourth-order valence-electron chi connectivity index (χ4n) is 4.84. The lowest BCUT2D eigenvalue weighted by atomic mass is 9.95. The molecule has 0 unspecified atom stereocenters. The Morgan fingerprint density at radius 1 is 0.882 bits per heavy atom. The Morgan fingerprint density at radius 3 is 2.38 bits per heavy atom. The highest BCUT2D eigenvalue weighted by molar-refractivity contribution is 5.94. The van der Waals surface area contributed by atoms with Gasteiger partial charge in [-0.2, -0.15) is 0 Å². The number of piperidine rings is 1. The van der Waals surface area contributed by atoms with Crippen LogP contribution >= 0.6 is 0 Å². The first-order valence-electron chi connectivity index (χ1n) is 12.3. The summed E-state index contributed by atoms with van der Waals surface area (Å²) in [4.78, 5) is 54.5. The van der Waals surface area contributed by atoms with Crippen LogP contribution in [0, 0.1) is 0 Å². The lowest BCUT2D eigenvalue weighted by molar-refractivity contribution is -0.133. The summed E-state index contributed by atoms with van der Waals surface area (Å²) in [7, 11) is 0. The van der Waals surface area contributed by atoms with Crippen LogP contribution < -0.4 is 21.3 Å². The van der Waals surface area contributed by atoms with Crippen molar-refractivity contribution in [2.45, 2.75) is 63.1 Å². The van der Waals surface area contributed by atoms with E-state index in [4.69, 9.17) is 0 Å². The number of para-hydroxylation sites is 1. The Balaban J connectivity index is 1.45. The number of rotatable bonds is 4. The first kappa shape index (κ1) is 23.8. The zero-order valence-corrected chi connectivity index (χ0v) is 19.4. The van der Waals surface area contributed by atoms with Gasteiger partial charge in [0.2, 0.25) is 11.8 Å². The molecule has 0 spiro atoms. The largest absolute Gasteiger partial charge is 0.354 e. The maximum absolute atomic E-state index is 13.3.